The third-order valence-electron chi connectivity index (χ3n) is 11.2. The van der Waals surface area contributed by atoms with Crippen LogP contribution < -0.4 is 0 Å². The van der Waals surface area contributed by atoms with Gasteiger partial charge in [-0.05, 0) is 63.2 Å². The highest BCUT2D eigenvalue weighted by molar-refractivity contribution is 6.14. The number of hydrogen-bond donors (Lipinski definition) is 0. The minimum atomic E-state index is -0.295. The van der Waals surface area contributed by atoms with Crippen LogP contribution in [0.25, 0.3) is 106 Å². The van der Waals surface area contributed by atoms with Crippen LogP contribution in [0.3, 0.4) is 0 Å². The molecule has 2 aromatic heterocycles. The van der Waals surface area contributed by atoms with Crippen molar-refractivity contribution in [2.75, 3.05) is 0 Å². The predicted octanol–water partition coefficient (Wildman–Crippen LogP) is 14.6. The third kappa shape index (κ3) is 6.76. The minimum absolute atomic E-state index is 0.0860. The predicted molar refractivity (Wildman–Crippen MR) is 252 cm³/mol. The van der Waals surface area contributed by atoms with Crippen LogP contribution in [0.15, 0.2) is 230 Å². The summed E-state index contributed by atoms with van der Waals surface area (Å²) in [5.41, 5.74) is 12.5. The van der Waals surface area contributed by atoms with Gasteiger partial charge in [0.05, 0.1) is 16.5 Å². The summed E-state index contributed by atoms with van der Waals surface area (Å²) in [4.78, 5) is 15.4. The molecule has 0 bridgehead atoms. The lowest BCUT2D eigenvalue weighted by molar-refractivity contribution is 1.07. The Morgan fingerprint density at radius 1 is 0.328 bits per heavy atom. The molecule has 0 aliphatic rings. The van der Waals surface area contributed by atoms with E-state index in [9.17, 15) is 2.74 Å². The molecule has 0 radical (unpaired) electrons. The molecule has 0 amide bonds. The average Bonchev–Trinajstić information content (AvgIpc) is 3.74. The van der Waals surface area contributed by atoms with E-state index in [2.05, 4.69) is 78.9 Å². The van der Waals surface area contributed by atoms with Gasteiger partial charge in [-0.3, -0.25) is 0 Å². The number of aromatic nitrogens is 4. The fourth-order valence-electron chi connectivity index (χ4n) is 8.29. The van der Waals surface area contributed by atoms with Crippen molar-refractivity contribution in [1.29, 1.82) is 0 Å². The molecule has 0 unspecified atom stereocenters. The molecule has 4 heteroatoms. The molecule has 9 aromatic carbocycles. The Bertz CT molecular complexity index is 3570. The quantitative estimate of drug-likeness (QED) is 0.154. The van der Waals surface area contributed by atoms with Gasteiger partial charge in [0.1, 0.15) is 0 Å². The molecule has 0 fully saturated rings. The van der Waals surface area contributed by atoms with Gasteiger partial charge in [0.25, 0.3) is 0 Å². The number of para-hydroxylation sites is 2. The Labute approximate surface area is 360 Å². The molecular formula is C57H38N4. The number of fused-ring (bicyclic) bond motifs is 3. The monoisotopic (exact) mass is 782 g/mol. The number of hydrogen-bond acceptors (Lipinski definition) is 3. The summed E-state index contributed by atoms with van der Waals surface area (Å²) in [7, 11) is 0. The van der Waals surface area contributed by atoms with Crippen molar-refractivity contribution < 1.29 is 5.48 Å². The van der Waals surface area contributed by atoms with Crippen LogP contribution in [0.1, 0.15) is 5.48 Å². The normalized spacial score (nSPS) is 12.2. The molecule has 0 atom stereocenters. The van der Waals surface area contributed by atoms with Crippen LogP contribution in [-0.4, -0.2) is 19.5 Å². The van der Waals surface area contributed by atoms with Crippen LogP contribution in [0, 0.1) is 0 Å². The third-order valence-corrected chi connectivity index (χ3v) is 11.2. The number of nitrogens with zero attached hydrogens (tertiary/aromatic N) is 4. The molecule has 0 aliphatic heterocycles. The smallest absolute Gasteiger partial charge is 0.164 e. The van der Waals surface area contributed by atoms with Gasteiger partial charge in [0.2, 0.25) is 0 Å². The van der Waals surface area contributed by atoms with Crippen LogP contribution in [0.4, 0.5) is 0 Å². The summed E-state index contributed by atoms with van der Waals surface area (Å²) in [5.74, 6) is 1.50. The maximum Gasteiger partial charge on any atom is 0.164 e. The minimum Gasteiger partial charge on any atom is -0.309 e. The van der Waals surface area contributed by atoms with E-state index in [1.807, 2.05) is 132 Å². The molecule has 0 saturated heterocycles. The Hall–Kier alpha value is -8.21. The van der Waals surface area contributed by atoms with E-state index in [4.69, 9.17) is 17.7 Å². The van der Waals surface area contributed by atoms with E-state index in [-0.39, 0.29) is 24.2 Å². The van der Waals surface area contributed by atoms with Gasteiger partial charge in [-0.15, -0.1) is 0 Å². The van der Waals surface area contributed by atoms with Gasteiger partial charge in [0.15, 0.2) is 17.5 Å². The van der Waals surface area contributed by atoms with E-state index in [1.54, 1.807) is 0 Å². The highest BCUT2D eigenvalue weighted by Gasteiger charge is 2.20. The molecule has 4 nitrogen and oxygen atoms in total. The van der Waals surface area contributed by atoms with E-state index in [0.717, 1.165) is 66.5 Å². The van der Waals surface area contributed by atoms with Gasteiger partial charge < -0.3 is 4.57 Å². The van der Waals surface area contributed by atoms with Crippen molar-refractivity contribution in [2.45, 2.75) is 0 Å². The largest absolute Gasteiger partial charge is 0.309 e. The molecule has 0 N–H and O–H groups in total. The van der Waals surface area contributed by atoms with Gasteiger partial charge in [-0.1, -0.05) is 206 Å². The lowest BCUT2D eigenvalue weighted by atomic mass is 9.93. The summed E-state index contributed by atoms with van der Waals surface area (Å²) >= 11 is 0. The summed E-state index contributed by atoms with van der Waals surface area (Å²) in [6, 6.07) is 68.6. The zero-order valence-electron chi connectivity index (χ0n) is 36.9. The first kappa shape index (κ1) is 31.7. The van der Waals surface area contributed by atoms with Crippen molar-refractivity contribution in [3.63, 3.8) is 0 Å². The van der Waals surface area contributed by atoms with Gasteiger partial charge in [0, 0.05) is 38.7 Å². The van der Waals surface area contributed by atoms with E-state index in [0.29, 0.717) is 39.6 Å². The zero-order valence-corrected chi connectivity index (χ0v) is 32.9. The molecule has 61 heavy (non-hydrogen) atoms. The van der Waals surface area contributed by atoms with Crippen LogP contribution >= 0.6 is 0 Å². The van der Waals surface area contributed by atoms with E-state index in [1.165, 1.54) is 0 Å². The topological polar surface area (TPSA) is 43.6 Å². The van der Waals surface area contributed by atoms with Gasteiger partial charge in [-0.2, -0.15) is 0 Å². The lowest BCUT2D eigenvalue weighted by Gasteiger charge is -2.15. The summed E-state index contributed by atoms with van der Waals surface area (Å²) in [6.45, 7) is 0. The van der Waals surface area contributed by atoms with Crippen LogP contribution in [-0.2, 0) is 0 Å². The fourth-order valence-corrected chi connectivity index (χ4v) is 8.29. The highest BCUT2D eigenvalue weighted by atomic mass is 15.0. The second-order valence-corrected chi connectivity index (χ2v) is 14.9. The van der Waals surface area contributed by atoms with Crippen molar-refractivity contribution in [3.8, 4) is 84.4 Å². The fraction of sp³-hybridized carbons (Fsp3) is 0. The summed E-state index contributed by atoms with van der Waals surface area (Å²) in [5, 5.41) is 1.18. The van der Waals surface area contributed by atoms with Crippen molar-refractivity contribution in [2.24, 2.45) is 0 Å². The number of rotatable bonds is 8. The zero-order chi connectivity index (χ0) is 44.0. The van der Waals surface area contributed by atoms with Crippen LogP contribution in [0.5, 0.6) is 0 Å². The van der Waals surface area contributed by atoms with E-state index < -0.39 is 0 Å². The summed E-state index contributed by atoms with van der Waals surface area (Å²) in [6.07, 6.45) is 0. The Balaban J connectivity index is 1.13. The van der Waals surface area contributed by atoms with E-state index >= 15 is 0 Å². The van der Waals surface area contributed by atoms with Crippen molar-refractivity contribution in [3.05, 3.63) is 230 Å². The molecule has 286 valence electrons. The molecule has 0 aliphatic carbocycles. The lowest BCUT2D eigenvalue weighted by Crippen LogP contribution is -2.01. The molecule has 11 rings (SSSR count). The first-order valence-electron chi connectivity index (χ1n) is 22.3. The van der Waals surface area contributed by atoms with Gasteiger partial charge >= 0.3 is 0 Å². The second kappa shape index (κ2) is 15.5. The van der Waals surface area contributed by atoms with Gasteiger partial charge in [-0.25, -0.2) is 15.0 Å². The Morgan fingerprint density at radius 2 is 0.803 bits per heavy atom. The molecular weight excluding hydrogens is 741 g/mol. The average molecular weight is 783 g/mol. The molecule has 0 saturated carbocycles. The number of benzene rings is 9. The first-order valence-corrected chi connectivity index (χ1v) is 20.3. The standard InChI is InChI=1S/C57H38N4/c1-4-17-39(18-5-1)41-33-35-43(36-34-41)55-58-56(45-24-14-23-44(37-45)40-19-6-2-7-20-40)60-57(59-55)46-25-15-26-47(38-46)61-53-32-13-12-29-50(53)52-31-16-30-51(54(52)61)49-28-11-10-27-48(49)42-21-8-3-9-22-42/h1-38H/i12D,13D,29D,32D. The van der Waals surface area contributed by atoms with Crippen LogP contribution in [0.2, 0.25) is 0 Å². The van der Waals surface area contributed by atoms with Crippen molar-refractivity contribution >= 4 is 21.8 Å². The second-order valence-electron chi connectivity index (χ2n) is 14.9. The highest BCUT2D eigenvalue weighted by Crippen LogP contribution is 2.42. The van der Waals surface area contributed by atoms with Crippen molar-refractivity contribution in [1.82, 2.24) is 19.5 Å². The summed E-state index contributed by atoms with van der Waals surface area (Å²) < 4.78 is 38.2. The SMILES string of the molecule is [2H]c1c([2H])c([2H])c2c(c1[2H])c1cccc(-c3ccccc3-c3ccccc3)c1n2-c1cccc(-c2nc(-c3ccc(-c4ccccc4)cc3)nc(-c3cccc(-c4ccccc4)c3)n2)c1. The Morgan fingerprint density at radius 3 is 1.51 bits per heavy atom. The molecule has 11 aromatic rings. The Kier molecular flexibility index (Phi) is 8.07. The molecule has 2 heterocycles. The maximum atomic E-state index is 9.37. The first-order chi connectivity index (χ1) is 31.9. The molecule has 0 spiro atoms. The maximum absolute atomic E-state index is 9.37.